The van der Waals surface area contributed by atoms with E-state index in [9.17, 15) is 20.2 Å². The van der Waals surface area contributed by atoms with E-state index < -0.39 is 15.8 Å². The van der Waals surface area contributed by atoms with Gasteiger partial charge in [-0.3, -0.25) is 14.7 Å². The lowest BCUT2D eigenvalue weighted by atomic mass is 10.2. The molecule has 3 rings (SSSR count). The smallest absolute Gasteiger partial charge is 0.390 e. The number of hydrogen-bond acceptors (Lipinski definition) is 7. The minimum atomic E-state index is -0.677. The topological polar surface area (TPSA) is 134 Å². The SMILES string of the molecule is O=[N+]([O-])c1ccc(Cn2cnn3c([N+](=O)[O-])nnc23)cc1. The summed E-state index contributed by atoms with van der Waals surface area (Å²) in [5.74, 6) is -0.243. The number of rotatable bonds is 4. The van der Waals surface area contributed by atoms with Crippen LogP contribution in [0.15, 0.2) is 30.6 Å². The van der Waals surface area contributed by atoms with Gasteiger partial charge in [-0.05, 0) is 15.6 Å². The summed E-state index contributed by atoms with van der Waals surface area (Å²) >= 11 is 0. The molecule has 0 fully saturated rings. The highest BCUT2D eigenvalue weighted by Gasteiger charge is 2.22. The van der Waals surface area contributed by atoms with E-state index in [2.05, 4.69) is 15.3 Å². The van der Waals surface area contributed by atoms with Gasteiger partial charge in [0.25, 0.3) is 5.69 Å². The molecule has 11 nitrogen and oxygen atoms in total. The summed E-state index contributed by atoms with van der Waals surface area (Å²) in [7, 11) is 0. The van der Waals surface area contributed by atoms with Gasteiger partial charge < -0.3 is 10.1 Å². The zero-order chi connectivity index (χ0) is 15.0. The third-order valence-corrected chi connectivity index (χ3v) is 2.83. The van der Waals surface area contributed by atoms with Crippen molar-refractivity contribution < 1.29 is 9.85 Å². The van der Waals surface area contributed by atoms with Crippen LogP contribution in [0.25, 0.3) is 5.78 Å². The number of nitro benzene ring substituents is 1. The van der Waals surface area contributed by atoms with Gasteiger partial charge in [0.1, 0.15) is 6.33 Å². The van der Waals surface area contributed by atoms with E-state index in [1.54, 1.807) is 16.7 Å². The van der Waals surface area contributed by atoms with E-state index in [1.165, 1.54) is 18.5 Å². The number of aromatic nitrogens is 5. The first-order chi connectivity index (χ1) is 10.1. The Labute approximate surface area is 115 Å². The van der Waals surface area contributed by atoms with Gasteiger partial charge in [0.2, 0.25) is 0 Å². The van der Waals surface area contributed by atoms with E-state index in [1.807, 2.05) is 0 Å². The largest absolute Gasteiger partial charge is 0.484 e. The quantitative estimate of drug-likeness (QED) is 0.511. The van der Waals surface area contributed by atoms with E-state index in [0.717, 1.165) is 10.1 Å². The first-order valence-electron chi connectivity index (χ1n) is 5.70. The Morgan fingerprint density at radius 2 is 1.76 bits per heavy atom. The molecular formula is C10H7N7O4. The second-order valence-electron chi connectivity index (χ2n) is 4.15. The molecule has 0 saturated carbocycles. The Kier molecular flexibility index (Phi) is 2.79. The number of non-ortho nitro benzene ring substituents is 1. The molecule has 0 unspecified atom stereocenters. The molecule has 0 atom stereocenters. The molecule has 3 aromatic rings. The summed E-state index contributed by atoms with van der Waals surface area (Å²) in [4.78, 5) is 20.1. The van der Waals surface area contributed by atoms with Crippen molar-refractivity contribution in [3.05, 3.63) is 56.4 Å². The maximum Gasteiger partial charge on any atom is 0.484 e. The lowest BCUT2D eigenvalue weighted by Crippen LogP contribution is -1.99. The summed E-state index contributed by atoms with van der Waals surface area (Å²) in [6.45, 7) is 0.317. The molecule has 0 radical (unpaired) electrons. The van der Waals surface area contributed by atoms with E-state index in [4.69, 9.17) is 0 Å². The maximum atomic E-state index is 10.7. The molecule has 0 amide bonds. The first-order valence-corrected chi connectivity index (χ1v) is 5.70. The van der Waals surface area contributed by atoms with Gasteiger partial charge in [0, 0.05) is 12.1 Å². The number of benzene rings is 1. The molecule has 0 aliphatic carbocycles. The standard InChI is InChI=1S/C10H7N7O4/c18-16(19)8-3-1-7(2-4-8)5-14-6-11-15-9(14)12-13-10(15)17(20)21/h1-4,6H,5H2. The van der Waals surface area contributed by atoms with Crippen LogP contribution in [0.3, 0.4) is 0 Å². The molecule has 106 valence electrons. The van der Waals surface area contributed by atoms with Crippen LogP contribution in [0.4, 0.5) is 11.6 Å². The van der Waals surface area contributed by atoms with Gasteiger partial charge in [-0.25, -0.2) is 0 Å². The summed E-state index contributed by atoms with van der Waals surface area (Å²) in [6, 6.07) is 5.96. The average molecular weight is 289 g/mol. The highest BCUT2D eigenvalue weighted by atomic mass is 16.6. The molecule has 1 aromatic carbocycles. The number of fused-ring (bicyclic) bond motifs is 1. The second kappa shape index (κ2) is 4.63. The number of nitrogens with zero attached hydrogens (tertiary/aromatic N) is 7. The third kappa shape index (κ3) is 2.16. The van der Waals surface area contributed by atoms with E-state index in [0.29, 0.717) is 6.54 Å². The predicted molar refractivity (Wildman–Crippen MR) is 67.6 cm³/mol. The Hall–Kier alpha value is -3.37. The monoisotopic (exact) mass is 289 g/mol. The normalized spacial score (nSPS) is 10.9. The third-order valence-electron chi connectivity index (χ3n) is 2.83. The molecule has 2 heterocycles. The van der Waals surface area contributed by atoms with Crippen molar-refractivity contribution in [2.45, 2.75) is 6.54 Å². The molecule has 0 aliphatic rings. The van der Waals surface area contributed by atoms with Crippen LogP contribution < -0.4 is 0 Å². The minimum Gasteiger partial charge on any atom is -0.390 e. The van der Waals surface area contributed by atoms with Crippen molar-refractivity contribution in [3.63, 3.8) is 0 Å². The van der Waals surface area contributed by atoms with Gasteiger partial charge in [0.15, 0.2) is 0 Å². The molecule has 21 heavy (non-hydrogen) atoms. The van der Waals surface area contributed by atoms with Crippen LogP contribution >= 0.6 is 0 Å². The van der Waals surface area contributed by atoms with Crippen LogP contribution in [0, 0.1) is 20.2 Å². The summed E-state index contributed by atoms with van der Waals surface area (Å²) in [5.41, 5.74) is 0.763. The molecule has 0 N–H and O–H groups in total. The van der Waals surface area contributed by atoms with Gasteiger partial charge >= 0.3 is 11.7 Å². The molecule has 0 saturated heterocycles. The van der Waals surface area contributed by atoms with Crippen LogP contribution in [0.5, 0.6) is 0 Å². The Morgan fingerprint density at radius 1 is 1.05 bits per heavy atom. The Balaban J connectivity index is 1.91. The molecule has 0 spiro atoms. The molecule has 0 aliphatic heterocycles. The van der Waals surface area contributed by atoms with Crippen LogP contribution in [0.1, 0.15) is 5.56 Å². The second-order valence-corrected chi connectivity index (χ2v) is 4.15. The lowest BCUT2D eigenvalue weighted by Gasteiger charge is -2.00. The van der Waals surface area contributed by atoms with Crippen LogP contribution in [-0.4, -0.2) is 34.2 Å². The zero-order valence-electron chi connectivity index (χ0n) is 10.4. The molecule has 2 aromatic heterocycles. The fourth-order valence-corrected chi connectivity index (χ4v) is 1.86. The molecule has 0 bridgehead atoms. The first kappa shape index (κ1) is 12.7. The average Bonchev–Trinajstić information content (AvgIpc) is 3.02. The minimum absolute atomic E-state index is 0.00681. The van der Waals surface area contributed by atoms with E-state index in [-0.39, 0.29) is 11.5 Å². The van der Waals surface area contributed by atoms with Gasteiger partial charge in [-0.15, -0.1) is 0 Å². The van der Waals surface area contributed by atoms with Crippen molar-refractivity contribution in [1.82, 2.24) is 24.4 Å². The van der Waals surface area contributed by atoms with Crippen molar-refractivity contribution >= 4 is 17.4 Å². The van der Waals surface area contributed by atoms with Gasteiger partial charge in [-0.2, -0.15) is 0 Å². The molecule has 11 heteroatoms. The fraction of sp³-hybridized carbons (Fsp3) is 0.100. The van der Waals surface area contributed by atoms with Gasteiger partial charge in [0.05, 0.1) is 16.6 Å². The summed E-state index contributed by atoms with van der Waals surface area (Å²) < 4.78 is 2.58. The lowest BCUT2D eigenvalue weighted by molar-refractivity contribution is -0.395. The number of hydrogen-bond donors (Lipinski definition) is 0. The fourth-order valence-electron chi connectivity index (χ4n) is 1.86. The Morgan fingerprint density at radius 3 is 2.38 bits per heavy atom. The maximum absolute atomic E-state index is 10.7. The van der Waals surface area contributed by atoms with Crippen molar-refractivity contribution in [1.29, 1.82) is 0 Å². The highest BCUT2D eigenvalue weighted by Crippen LogP contribution is 2.15. The van der Waals surface area contributed by atoms with Crippen LogP contribution in [-0.2, 0) is 6.54 Å². The highest BCUT2D eigenvalue weighted by molar-refractivity contribution is 5.35. The van der Waals surface area contributed by atoms with Crippen molar-refractivity contribution in [3.8, 4) is 0 Å². The van der Waals surface area contributed by atoms with Crippen molar-refractivity contribution in [2.75, 3.05) is 0 Å². The summed E-state index contributed by atoms with van der Waals surface area (Å²) in [6.07, 6.45) is 1.39. The molecular weight excluding hydrogens is 282 g/mol. The van der Waals surface area contributed by atoms with Crippen molar-refractivity contribution in [2.24, 2.45) is 0 Å². The van der Waals surface area contributed by atoms with Crippen LogP contribution in [0.2, 0.25) is 0 Å². The van der Waals surface area contributed by atoms with Gasteiger partial charge in [-0.1, -0.05) is 21.7 Å². The summed E-state index contributed by atoms with van der Waals surface area (Å²) in [5, 5.41) is 32.3. The zero-order valence-corrected chi connectivity index (χ0v) is 10.4. The predicted octanol–water partition coefficient (Wildman–Crippen LogP) is 0.790. The Bertz CT molecular complexity index is 835. The number of nitro groups is 2. The van der Waals surface area contributed by atoms with E-state index >= 15 is 0 Å².